The second-order valence-electron chi connectivity index (χ2n) is 5.20. The van der Waals surface area contributed by atoms with Crippen LogP contribution in [0.25, 0.3) is 0 Å². The molecule has 3 heteroatoms. The molecule has 1 rings (SSSR count). The molecule has 0 saturated carbocycles. The quantitative estimate of drug-likeness (QED) is 0.658. The van der Waals surface area contributed by atoms with Crippen LogP contribution in [0.2, 0.25) is 0 Å². The van der Waals surface area contributed by atoms with Crippen molar-refractivity contribution in [3.63, 3.8) is 0 Å². The molecule has 1 N–H and O–H groups in total. The highest BCUT2D eigenvalue weighted by atomic mass is 16.5. The van der Waals surface area contributed by atoms with Crippen molar-refractivity contribution in [2.45, 2.75) is 52.2 Å². The zero-order valence-electron chi connectivity index (χ0n) is 13.3. The molecule has 2 atom stereocenters. The van der Waals surface area contributed by atoms with Crippen molar-refractivity contribution in [2.24, 2.45) is 0 Å². The minimum Gasteiger partial charge on any atom is -0.497 e. The predicted octanol–water partition coefficient (Wildman–Crippen LogP) is 3.94. The number of ether oxygens (including phenoxy) is 2. The van der Waals surface area contributed by atoms with E-state index in [-0.39, 0.29) is 12.2 Å². The molecule has 0 bridgehead atoms. The SMILES string of the molecule is CCCNCC(OC(C)CCC)c1ccc(OC)cc1. The Morgan fingerprint density at radius 2 is 1.80 bits per heavy atom. The van der Waals surface area contributed by atoms with Gasteiger partial charge in [0, 0.05) is 6.54 Å². The maximum absolute atomic E-state index is 6.19. The van der Waals surface area contributed by atoms with E-state index in [1.165, 1.54) is 5.56 Å². The summed E-state index contributed by atoms with van der Waals surface area (Å²) in [5.74, 6) is 0.885. The van der Waals surface area contributed by atoms with Crippen molar-refractivity contribution in [1.29, 1.82) is 0 Å². The first kappa shape index (κ1) is 17.0. The van der Waals surface area contributed by atoms with E-state index in [2.05, 4.69) is 38.2 Å². The van der Waals surface area contributed by atoms with Crippen molar-refractivity contribution < 1.29 is 9.47 Å². The third-order valence-electron chi connectivity index (χ3n) is 3.34. The maximum atomic E-state index is 6.19. The standard InChI is InChI=1S/C17H29NO2/c1-5-7-14(3)20-17(13-18-12-6-2)15-8-10-16(19-4)11-9-15/h8-11,14,17-18H,5-7,12-13H2,1-4H3. The molecule has 3 nitrogen and oxygen atoms in total. The first-order valence-corrected chi connectivity index (χ1v) is 7.71. The second-order valence-corrected chi connectivity index (χ2v) is 5.20. The lowest BCUT2D eigenvalue weighted by molar-refractivity contribution is -0.00713. The summed E-state index contributed by atoms with van der Waals surface area (Å²) >= 11 is 0. The largest absolute Gasteiger partial charge is 0.497 e. The van der Waals surface area contributed by atoms with Gasteiger partial charge in [-0.3, -0.25) is 0 Å². The van der Waals surface area contributed by atoms with Crippen LogP contribution in [-0.4, -0.2) is 26.3 Å². The highest BCUT2D eigenvalue weighted by Crippen LogP contribution is 2.22. The first-order valence-electron chi connectivity index (χ1n) is 7.71. The Morgan fingerprint density at radius 1 is 1.10 bits per heavy atom. The van der Waals surface area contributed by atoms with E-state index in [4.69, 9.17) is 9.47 Å². The summed E-state index contributed by atoms with van der Waals surface area (Å²) in [6, 6.07) is 8.18. The monoisotopic (exact) mass is 279 g/mol. The van der Waals surface area contributed by atoms with Crippen LogP contribution in [-0.2, 0) is 4.74 Å². The molecule has 0 aliphatic heterocycles. The molecule has 0 spiro atoms. The van der Waals surface area contributed by atoms with Gasteiger partial charge in [0.25, 0.3) is 0 Å². The Balaban J connectivity index is 2.68. The van der Waals surface area contributed by atoms with Crippen molar-refractivity contribution in [1.82, 2.24) is 5.32 Å². The lowest BCUT2D eigenvalue weighted by Crippen LogP contribution is -2.26. The van der Waals surface area contributed by atoms with Gasteiger partial charge in [0.2, 0.25) is 0 Å². The Morgan fingerprint density at radius 3 is 2.35 bits per heavy atom. The number of benzene rings is 1. The molecule has 1 aromatic carbocycles. The van der Waals surface area contributed by atoms with Gasteiger partial charge in [-0.25, -0.2) is 0 Å². The van der Waals surface area contributed by atoms with E-state index in [0.717, 1.165) is 38.1 Å². The number of nitrogens with one attached hydrogen (secondary N) is 1. The fourth-order valence-electron chi connectivity index (χ4n) is 2.23. The van der Waals surface area contributed by atoms with Gasteiger partial charge < -0.3 is 14.8 Å². The third kappa shape index (κ3) is 5.93. The van der Waals surface area contributed by atoms with E-state index in [0.29, 0.717) is 0 Å². The fraction of sp³-hybridized carbons (Fsp3) is 0.647. The van der Waals surface area contributed by atoms with E-state index >= 15 is 0 Å². The maximum Gasteiger partial charge on any atom is 0.118 e. The van der Waals surface area contributed by atoms with Crippen molar-refractivity contribution in [3.8, 4) is 5.75 Å². The van der Waals surface area contributed by atoms with Crippen LogP contribution >= 0.6 is 0 Å². The summed E-state index contributed by atoms with van der Waals surface area (Å²) in [6.07, 6.45) is 3.78. The normalized spacial score (nSPS) is 14.0. The average molecular weight is 279 g/mol. The molecule has 0 amide bonds. The van der Waals surface area contributed by atoms with E-state index in [1.807, 2.05) is 12.1 Å². The Kier molecular flexibility index (Phi) is 8.31. The Labute approximate surface area is 123 Å². The molecule has 1 aromatic rings. The minimum atomic E-state index is 0.106. The van der Waals surface area contributed by atoms with Crippen molar-refractivity contribution in [2.75, 3.05) is 20.2 Å². The van der Waals surface area contributed by atoms with Gasteiger partial charge in [0.1, 0.15) is 5.75 Å². The molecule has 0 aliphatic carbocycles. The molecule has 114 valence electrons. The van der Waals surface area contributed by atoms with E-state index in [9.17, 15) is 0 Å². The number of hydrogen-bond acceptors (Lipinski definition) is 3. The van der Waals surface area contributed by atoms with Crippen LogP contribution in [0.4, 0.5) is 0 Å². The Hall–Kier alpha value is -1.06. The third-order valence-corrected chi connectivity index (χ3v) is 3.34. The second kappa shape index (κ2) is 9.78. The summed E-state index contributed by atoms with van der Waals surface area (Å²) in [5.41, 5.74) is 1.21. The van der Waals surface area contributed by atoms with Crippen LogP contribution in [0.3, 0.4) is 0 Å². The van der Waals surface area contributed by atoms with Crippen LogP contribution in [0, 0.1) is 0 Å². The fourth-order valence-corrected chi connectivity index (χ4v) is 2.23. The zero-order valence-corrected chi connectivity index (χ0v) is 13.3. The smallest absolute Gasteiger partial charge is 0.118 e. The highest BCUT2D eigenvalue weighted by Gasteiger charge is 2.15. The molecule has 0 aromatic heterocycles. The molecular formula is C17H29NO2. The molecule has 20 heavy (non-hydrogen) atoms. The molecular weight excluding hydrogens is 250 g/mol. The van der Waals surface area contributed by atoms with Crippen LogP contribution in [0.5, 0.6) is 5.75 Å². The van der Waals surface area contributed by atoms with Gasteiger partial charge in [0.15, 0.2) is 0 Å². The number of rotatable bonds is 10. The average Bonchev–Trinajstić information content (AvgIpc) is 2.47. The van der Waals surface area contributed by atoms with Gasteiger partial charge in [-0.15, -0.1) is 0 Å². The van der Waals surface area contributed by atoms with Gasteiger partial charge in [-0.05, 0) is 44.0 Å². The van der Waals surface area contributed by atoms with Gasteiger partial charge >= 0.3 is 0 Å². The molecule has 0 heterocycles. The first-order chi connectivity index (χ1) is 9.71. The molecule has 0 saturated heterocycles. The van der Waals surface area contributed by atoms with Crippen molar-refractivity contribution >= 4 is 0 Å². The molecule has 0 radical (unpaired) electrons. The molecule has 0 fully saturated rings. The van der Waals surface area contributed by atoms with Crippen molar-refractivity contribution in [3.05, 3.63) is 29.8 Å². The summed E-state index contributed by atoms with van der Waals surface area (Å²) < 4.78 is 11.4. The topological polar surface area (TPSA) is 30.5 Å². The summed E-state index contributed by atoms with van der Waals surface area (Å²) in [5, 5.41) is 3.45. The summed E-state index contributed by atoms with van der Waals surface area (Å²) in [4.78, 5) is 0. The summed E-state index contributed by atoms with van der Waals surface area (Å²) in [6.45, 7) is 8.40. The van der Waals surface area contributed by atoms with Crippen LogP contribution in [0.1, 0.15) is 51.7 Å². The number of hydrogen-bond donors (Lipinski definition) is 1. The Bertz CT molecular complexity index is 351. The zero-order chi connectivity index (χ0) is 14.8. The molecule has 2 unspecified atom stereocenters. The van der Waals surface area contributed by atoms with Crippen LogP contribution < -0.4 is 10.1 Å². The van der Waals surface area contributed by atoms with E-state index < -0.39 is 0 Å². The lowest BCUT2D eigenvalue weighted by atomic mass is 10.1. The van der Waals surface area contributed by atoms with E-state index in [1.54, 1.807) is 7.11 Å². The number of methoxy groups -OCH3 is 1. The molecule has 0 aliphatic rings. The van der Waals surface area contributed by atoms with Gasteiger partial charge in [0.05, 0.1) is 19.3 Å². The minimum absolute atomic E-state index is 0.106. The van der Waals surface area contributed by atoms with Gasteiger partial charge in [-0.1, -0.05) is 32.4 Å². The van der Waals surface area contributed by atoms with Gasteiger partial charge in [-0.2, -0.15) is 0 Å². The summed E-state index contributed by atoms with van der Waals surface area (Å²) in [7, 11) is 1.69. The predicted molar refractivity (Wildman–Crippen MR) is 84.4 cm³/mol. The lowest BCUT2D eigenvalue weighted by Gasteiger charge is -2.23. The highest BCUT2D eigenvalue weighted by molar-refractivity contribution is 5.28. The van der Waals surface area contributed by atoms with Crippen LogP contribution in [0.15, 0.2) is 24.3 Å².